The number of phenols is 1. The summed E-state index contributed by atoms with van der Waals surface area (Å²) >= 11 is 5.98. The molecule has 2 aromatic rings. The SMILES string of the molecule is COc1cc(CN=Nc2nc(Cl)nc(N3CCOCC3)n2)cc(OC)c1O. The van der Waals surface area contributed by atoms with Crippen LogP contribution < -0.4 is 14.4 Å². The summed E-state index contributed by atoms with van der Waals surface area (Å²) in [4.78, 5) is 14.3. The van der Waals surface area contributed by atoms with Crippen LogP contribution in [0.15, 0.2) is 22.4 Å². The number of anilines is 1. The highest BCUT2D eigenvalue weighted by atomic mass is 35.5. The number of ether oxygens (including phenoxy) is 3. The van der Waals surface area contributed by atoms with Gasteiger partial charge >= 0.3 is 0 Å². The Morgan fingerprint density at radius 2 is 1.81 bits per heavy atom. The van der Waals surface area contributed by atoms with Gasteiger partial charge in [-0.25, -0.2) is 0 Å². The van der Waals surface area contributed by atoms with Crippen LogP contribution in [0, 0.1) is 0 Å². The number of hydrogen-bond acceptors (Lipinski definition) is 10. The molecule has 27 heavy (non-hydrogen) atoms. The van der Waals surface area contributed by atoms with Crippen molar-refractivity contribution in [3.63, 3.8) is 0 Å². The van der Waals surface area contributed by atoms with Crippen molar-refractivity contribution in [1.82, 2.24) is 15.0 Å². The molecular formula is C16H19ClN6O4. The molecule has 10 nitrogen and oxygen atoms in total. The third kappa shape index (κ3) is 4.72. The van der Waals surface area contributed by atoms with E-state index in [-0.39, 0.29) is 35.0 Å². The van der Waals surface area contributed by atoms with Crippen LogP contribution in [-0.2, 0) is 11.3 Å². The lowest BCUT2D eigenvalue weighted by atomic mass is 10.2. The first-order chi connectivity index (χ1) is 13.1. The number of nitrogens with zero attached hydrogens (tertiary/aromatic N) is 6. The number of aromatic nitrogens is 3. The number of aromatic hydroxyl groups is 1. The second-order valence-corrected chi connectivity index (χ2v) is 5.89. The van der Waals surface area contributed by atoms with Crippen molar-refractivity contribution in [1.29, 1.82) is 0 Å². The van der Waals surface area contributed by atoms with Gasteiger partial charge in [0.2, 0.25) is 17.0 Å². The van der Waals surface area contributed by atoms with Crippen molar-refractivity contribution in [2.24, 2.45) is 10.2 Å². The monoisotopic (exact) mass is 394 g/mol. The van der Waals surface area contributed by atoms with Gasteiger partial charge in [0.1, 0.15) is 0 Å². The molecule has 1 aromatic carbocycles. The number of rotatable bonds is 6. The first kappa shape index (κ1) is 19.1. The number of hydrogen-bond donors (Lipinski definition) is 1. The lowest BCUT2D eigenvalue weighted by molar-refractivity contribution is 0.122. The van der Waals surface area contributed by atoms with E-state index in [4.69, 9.17) is 25.8 Å². The molecule has 0 bridgehead atoms. The molecule has 1 aliphatic rings. The molecule has 2 heterocycles. The molecule has 0 unspecified atom stereocenters. The van der Waals surface area contributed by atoms with Crippen molar-refractivity contribution < 1.29 is 19.3 Å². The zero-order valence-corrected chi connectivity index (χ0v) is 15.7. The number of azo groups is 1. The molecule has 1 N–H and O–H groups in total. The average molecular weight is 395 g/mol. The molecule has 1 saturated heterocycles. The molecule has 1 aliphatic heterocycles. The lowest BCUT2D eigenvalue weighted by Gasteiger charge is -2.26. The van der Waals surface area contributed by atoms with Gasteiger partial charge in [-0.15, -0.1) is 5.11 Å². The van der Waals surface area contributed by atoms with E-state index in [1.54, 1.807) is 12.1 Å². The van der Waals surface area contributed by atoms with Gasteiger partial charge in [-0.05, 0) is 29.3 Å². The fourth-order valence-corrected chi connectivity index (χ4v) is 2.65. The van der Waals surface area contributed by atoms with Gasteiger partial charge in [0.05, 0.1) is 34.0 Å². The minimum absolute atomic E-state index is 0.0495. The van der Waals surface area contributed by atoms with E-state index in [9.17, 15) is 5.11 Å². The maximum atomic E-state index is 9.94. The molecule has 11 heteroatoms. The Morgan fingerprint density at radius 1 is 1.15 bits per heavy atom. The second-order valence-electron chi connectivity index (χ2n) is 5.55. The summed E-state index contributed by atoms with van der Waals surface area (Å²) < 4.78 is 15.6. The Kier molecular flexibility index (Phi) is 6.20. The van der Waals surface area contributed by atoms with E-state index in [1.165, 1.54) is 14.2 Å². The number of methoxy groups -OCH3 is 2. The standard InChI is InChI=1S/C16H19ClN6O4/c1-25-11-7-10(8-12(26-2)13(11)24)9-18-22-15-19-14(17)20-16(21-15)23-3-5-27-6-4-23/h7-8,24H,3-6,9H2,1-2H3. The van der Waals surface area contributed by atoms with Crippen molar-refractivity contribution in [3.8, 4) is 17.2 Å². The molecule has 144 valence electrons. The van der Waals surface area contributed by atoms with Gasteiger partial charge in [-0.1, -0.05) is 0 Å². The molecule has 3 rings (SSSR count). The Labute approximate surface area is 160 Å². The molecule has 0 amide bonds. The van der Waals surface area contributed by atoms with Gasteiger partial charge in [0, 0.05) is 13.1 Å². The summed E-state index contributed by atoms with van der Waals surface area (Å²) in [5.41, 5.74) is 0.735. The first-order valence-corrected chi connectivity index (χ1v) is 8.54. The van der Waals surface area contributed by atoms with E-state index in [2.05, 4.69) is 25.2 Å². The molecule has 0 saturated carbocycles. The van der Waals surface area contributed by atoms with Crippen LogP contribution in [0.3, 0.4) is 0 Å². The van der Waals surface area contributed by atoms with E-state index in [0.717, 1.165) is 5.56 Å². The molecule has 0 radical (unpaired) electrons. The average Bonchev–Trinajstić information content (AvgIpc) is 2.69. The van der Waals surface area contributed by atoms with E-state index < -0.39 is 0 Å². The van der Waals surface area contributed by atoms with Gasteiger partial charge in [-0.3, -0.25) is 0 Å². The van der Waals surface area contributed by atoms with Gasteiger partial charge in [-0.2, -0.15) is 20.1 Å². The predicted octanol–water partition coefficient (Wildman–Crippen LogP) is 2.37. The smallest absolute Gasteiger partial charge is 0.274 e. The van der Waals surface area contributed by atoms with Gasteiger partial charge in [0.15, 0.2) is 11.5 Å². The second kappa shape index (κ2) is 8.78. The van der Waals surface area contributed by atoms with Crippen molar-refractivity contribution in [2.45, 2.75) is 6.54 Å². The fourth-order valence-electron chi connectivity index (χ4n) is 2.50. The number of morpholine rings is 1. The topological polar surface area (TPSA) is 115 Å². The van der Waals surface area contributed by atoms with Crippen LogP contribution in [0.5, 0.6) is 17.2 Å². The maximum Gasteiger partial charge on any atom is 0.274 e. The highest BCUT2D eigenvalue weighted by Crippen LogP contribution is 2.37. The molecule has 1 fully saturated rings. The largest absolute Gasteiger partial charge is 0.502 e. The molecule has 0 aliphatic carbocycles. The van der Waals surface area contributed by atoms with Crippen LogP contribution >= 0.6 is 11.6 Å². The normalized spacial score (nSPS) is 14.6. The number of halogens is 1. The van der Waals surface area contributed by atoms with E-state index in [1.807, 2.05) is 4.90 Å². The Morgan fingerprint density at radius 3 is 2.44 bits per heavy atom. The van der Waals surface area contributed by atoms with Crippen LogP contribution in [-0.4, -0.2) is 60.6 Å². The van der Waals surface area contributed by atoms with Gasteiger partial charge < -0.3 is 24.2 Å². The van der Waals surface area contributed by atoms with Gasteiger partial charge in [0.25, 0.3) is 5.95 Å². The first-order valence-electron chi connectivity index (χ1n) is 8.16. The summed E-state index contributed by atoms with van der Waals surface area (Å²) in [5, 5.41) is 18.1. The Balaban J connectivity index is 1.75. The summed E-state index contributed by atoms with van der Waals surface area (Å²) in [7, 11) is 2.92. The van der Waals surface area contributed by atoms with E-state index in [0.29, 0.717) is 32.3 Å². The Hall–Kier alpha value is -2.72. The maximum absolute atomic E-state index is 9.94. The predicted molar refractivity (Wildman–Crippen MR) is 97.3 cm³/mol. The molecule has 1 aromatic heterocycles. The third-order valence-corrected chi connectivity index (χ3v) is 4.00. The quantitative estimate of drug-likeness (QED) is 0.742. The fraction of sp³-hybridized carbons (Fsp3) is 0.438. The van der Waals surface area contributed by atoms with E-state index >= 15 is 0 Å². The molecule has 0 spiro atoms. The summed E-state index contributed by atoms with van der Waals surface area (Å²) in [5.74, 6) is 1.07. The zero-order chi connectivity index (χ0) is 19.2. The summed E-state index contributed by atoms with van der Waals surface area (Å²) in [6.45, 7) is 2.76. The van der Waals surface area contributed by atoms with Crippen LogP contribution in [0.4, 0.5) is 11.9 Å². The number of benzene rings is 1. The molecular weight excluding hydrogens is 376 g/mol. The minimum Gasteiger partial charge on any atom is -0.502 e. The van der Waals surface area contributed by atoms with Crippen LogP contribution in [0.1, 0.15) is 5.56 Å². The van der Waals surface area contributed by atoms with Crippen LogP contribution in [0.25, 0.3) is 0 Å². The molecule has 0 atom stereocenters. The van der Waals surface area contributed by atoms with Crippen LogP contribution in [0.2, 0.25) is 5.28 Å². The lowest BCUT2D eigenvalue weighted by Crippen LogP contribution is -2.37. The number of phenolic OH excluding ortho intramolecular Hbond substituents is 1. The minimum atomic E-state index is -0.0694. The highest BCUT2D eigenvalue weighted by Gasteiger charge is 2.16. The highest BCUT2D eigenvalue weighted by molar-refractivity contribution is 6.28. The third-order valence-electron chi connectivity index (χ3n) is 3.83. The summed E-state index contributed by atoms with van der Waals surface area (Å²) in [6.07, 6.45) is 0. The van der Waals surface area contributed by atoms with Crippen molar-refractivity contribution >= 4 is 23.5 Å². The van der Waals surface area contributed by atoms with Crippen molar-refractivity contribution in [3.05, 3.63) is 23.0 Å². The van der Waals surface area contributed by atoms with Crippen molar-refractivity contribution in [2.75, 3.05) is 45.4 Å². The zero-order valence-electron chi connectivity index (χ0n) is 14.9. The summed E-state index contributed by atoms with van der Waals surface area (Å²) in [6, 6.07) is 3.30. The Bertz CT molecular complexity index is 804.